The van der Waals surface area contributed by atoms with Crippen LogP contribution in [0.2, 0.25) is 0 Å². The van der Waals surface area contributed by atoms with Gasteiger partial charge in [-0.15, -0.1) is 0 Å². The van der Waals surface area contributed by atoms with Gasteiger partial charge in [-0.05, 0) is 39.0 Å². The topological polar surface area (TPSA) is 0 Å². The van der Waals surface area contributed by atoms with Crippen LogP contribution in [0.3, 0.4) is 0 Å². The highest BCUT2D eigenvalue weighted by atomic mass is 127. The molecule has 4 heteroatoms. The highest BCUT2D eigenvalue weighted by Crippen LogP contribution is 2.24. The fourth-order valence-electron chi connectivity index (χ4n) is 0.794. The molecular formula is C8H12F3I. The summed E-state index contributed by atoms with van der Waals surface area (Å²) in [6.45, 7) is 2.03. The lowest BCUT2D eigenvalue weighted by Crippen LogP contribution is -2.01. The molecule has 0 saturated carbocycles. The zero-order chi connectivity index (χ0) is 9.61. The molecule has 0 aromatic rings. The van der Waals surface area contributed by atoms with Gasteiger partial charge in [-0.1, -0.05) is 19.8 Å². The van der Waals surface area contributed by atoms with Gasteiger partial charge in [0.1, 0.15) is 0 Å². The summed E-state index contributed by atoms with van der Waals surface area (Å²) < 4.78 is 35.6. The monoisotopic (exact) mass is 292 g/mol. The quantitative estimate of drug-likeness (QED) is 0.530. The van der Waals surface area contributed by atoms with Crippen molar-refractivity contribution in [1.82, 2.24) is 0 Å². The molecule has 0 aromatic heterocycles. The third-order valence-corrected chi connectivity index (χ3v) is 2.19. The molecule has 0 aliphatic rings. The third kappa shape index (κ3) is 8.36. The molecule has 0 aliphatic heterocycles. The summed E-state index contributed by atoms with van der Waals surface area (Å²) in [4.78, 5) is 0. The van der Waals surface area contributed by atoms with Crippen molar-refractivity contribution in [3.63, 3.8) is 0 Å². The summed E-state index contributed by atoms with van der Waals surface area (Å²) in [6, 6.07) is 0. The minimum Gasteiger partial charge on any atom is -0.167 e. The number of unbranched alkanes of at least 4 members (excludes halogenated alkanes) is 2. The van der Waals surface area contributed by atoms with Crippen LogP contribution in [0.1, 0.15) is 32.6 Å². The molecule has 0 fully saturated rings. The molecule has 0 spiro atoms. The summed E-state index contributed by atoms with van der Waals surface area (Å²) in [5.74, 6) is 0. The second-order valence-electron chi connectivity index (χ2n) is 2.59. The molecule has 0 radical (unpaired) electrons. The molecule has 0 nitrogen and oxygen atoms in total. The molecule has 0 heterocycles. The molecule has 0 amide bonds. The average Bonchev–Trinajstić information content (AvgIpc) is 1.84. The Bertz CT molecular complexity index is 149. The maximum absolute atomic E-state index is 11.7. The van der Waals surface area contributed by atoms with E-state index in [2.05, 4.69) is 0 Å². The summed E-state index contributed by atoms with van der Waals surface area (Å²) in [6.07, 6.45) is -0.338. The van der Waals surface area contributed by atoms with E-state index >= 15 is 0 Å². The maximum atomic E-state index is 11.7. The molecule has 0 unspecified atom stereocenters. The van der Waals surface area contributed by atoms with E-state index in [1.807, 2.05) is 6.92 Å². The number of hydrogen-bond donors (Lipinski definition) is 0. The largest absolute Gasteiger partial charge is 0.410 e. The van der Waals surface area contributed by atoms with Crippen molar-refractivity contribution in [2.75, 3.05) is 0 Å². The van der Waals surface area contributed by atoms with Crippen molar-refractivity contribution in [1.29, 1.82) is 0 Å². The van der Waals surface area contributed by atoms with Crippen LogP contribution in [0.25, 0.3) is 0 Å². The second kappa shape index (κ2) is 5.83. The van der Waals surface area contributed by atoms with Gasteiger partial charge in [-0.25, -0.2) is 0 Å². The lowest BCUT2D eigenvalue weighted by Gasteiger charge is -2.01. The van der Waals surface area contributed by atoms with Crippen LogP contribution in [0.4, 0.5) is 13.2 Å². The van der Waals surface area contributed by atoms with Crippen molar-refractivity contribution < 1.29 is 13.2 Å². The van der Waals surface area contributed by atoms with Crippen molar-refractivity contribution in [2.45, 2.75) is 38.8 Å². The molecule has 12 heavy (non-hydrogen) atoms. The van der Waals surface area contributed by atoms with Gasteiger partial charge in [0.25, 0.3) is 0 Å². The Hall–Kier alpha value is 0.260. The molecule has 72 valence electrons. The Labute approximate surface area is 84.4 Å². The van der Waals surface area contributed by atoms with Gasteiger partial charge in [0.15, 0.2) is 0 Å². The first-order valence-corrected chi connectivity index (χ1v) is 4.97. The van der Waals surface area contributed by atoms with Crippen LogP contribution in [0.15, 0.2) is 9.66 Å². The van der Waals surface area contributed by atoms with E-state index in [-0.39, 0.29) is 0 Å². The van der Waals surface area contributed by atoms with Crippen molar-refractivity contribution >= 4 is 22.6 Å². The number of hydrogen-bond acceptors (Lipinski definition) is 0. The normalized spacial score (nSPS) is 13.6. The zero-order valence-corrected chi connectivity index (χ0v) is 9.08. The van der Waals surface area contributed by atoms with Gasteiger partial charge in [-0.3, -0.25) is 0 Å². The molecule has 0 aliphatic carbocycles. The Balaban J connectivity index is 3.71. The van der Waals surface area contributed by atoms with E-state index in [4.69, 9.17) is 0 Å². The highest BCUT2D eigenvalue weighted by molar-refractivity contribution is 14.1. The van der Waals surface area contributed by atoms with Crippen molar-refractivity contribution in [3.05, 3.63) is 9.66 Å². The molecule has 0 saturated heterocycles. The Morgan fingerprint density at radius 1 is 1.33 bits per heavy atom. The number of halogens is 4. The molecule has 0 aromatic carbocycles. The van der Waals surface area contributed by atoms with Gasteiger partial charge in [0, 0.05) is 6.08 Å². The van der Waals surface area contributed by atoms with Crippen LogP contribution in [0, 0.1) is 0 Å². The summed E-state index contributed by atoms with van der Waals surface area (Å²) >= 11 is 1.75. The molecule has 0 atom stereocenters. The molecule has 0 N–H and O–H groups in total. The van der Waals surface area contributed by atoms with E-state index in [1.165, 1.54) is 0 Å². The first-order valence-electron chi connectivity index (χ1n) is 3.89. The predicted molar refractivity (Wildman–Crippen MR) is 52.3 cm³/mol. The van der Waals surface area contributed by atoms with Gasteiger partial charge in [0.2, 0.25) is 0 Å². The van der Waals surface area contributed by atoms with Crippen LogP contribution < -0.4 is 0 Å². The second-order valence-corrected chi connectivity index (χ2v) is 3.98. The summed E-state index contributed by atoms with van der Waals surface area (Å²) in [5.41, 5.74) is 0. The standard InChI is InChI=1S/C8H12F3I/c1-2-3-4-5-7(12)6-8(9,10)11/h6H,2-5H2,1H3. The van der Waals surface area contributed by atoms with Crippen LogP contribution in [-0.4, -0.2) is 6.18 Å². The Morgan fingerprint density at radius 2 is 1.92 bits per heavy atom. The maximum Gasteiger partial charge on any atom is 0.410 e. The van der Waals surface area contributed by atoms with E-state index < -0.39 is 6.18 Å². The molecule has 0 rings (SSSR count). The fourth-order valence-corrected chi connectivity index (χ4v) is 1.53. The number of allylic oxidation sites excluding steroid dienone is 2. The zero-order valence-electron chi connectivity index (χ0n) is 6.92. The molecular weight excluding hydrogens is 280 g/mol. The van der Waals surface area contributed by atoms with E-state index in [0.29, 0.717) is 16.1 Å². The lowest BCUT2D eigenvalue weighted by atomic mass is 10.2. The SMILES string of the molecule is CCCCCC(I)=CC(F)(F)F. The average molecular weight is 292 g/mol. The fraction of sp³-hybridized carbons (Fsp3) is 0.750. The number of rotatable bonds is 4. The van der Waals surface area contributed by atoms with Gasteiger partial charge >= 0.3 is 6.18 Å². The molecule has 0 bridgehead atoms. The first kappa shape index (κ1) is 12.3. The Morgan fingerprint density at radius 3 is 2.33 bits per heavy atom. The minimum absolute atomic E-state index is 0.378. The Kier molecular flexibility index (Phi) is 5.96. The van der Waals surface area contributed by atoms with Gasteiger partial charge in [0.05, 0.1) is 0 Å². The van der Waals surface area contributed by atoms with Gasteiger partial charge < -0.3 is 0 Å². The first-order chi connectivity index (χ1) is 5.45. The van der Waals surface area contributed by atoms with Gasteiger partial charge in [-0.2, -0.15) is 13.2 Å². The smallest absolute Gasteiger partial charge is 0.167 e. The van der Waals surface area contributed by atoms with E-state index in [1.54, 1.807) is 22.6 Å². The predicted octanol–water partition coefficient (Wildman–Crippen LogP) is 4.45. The van der Waals surface area contributed by atoms with Crippen LogP contribution in [-0.2, 0) is 0 Å². The summed E-state index contributed by atoms with van der Waals surface area (Å²) in [5, 5.41) is 0. The lowest BCUT2D eigenvalue weighted by molar-refractivity contribution is -0.0801. The van der Waals surface area contributed by atoms with E-state index in [0.717, 1.165) is 19.3 Å². The van der Waals surface area contributed by atoms with Crippen molar-refractivity contribution in [3.8, 4) is 0 Å². The van der Waals surface area contributed by atoms with E-state index in [9.17, 15) is 13.2 Å². The van der Waals surface area contributed by atoms with Crippen molar-refractivity contribution in [2.24, 2.45) is 0 Å². The summed E-state index contributed by atoms with van der Waals surface area (Å²) in [7, 11) is 0. The highest BCUT2D eigenvalue weighted by Gasteiger charge is 2.23. The van der Waals surface area contributed by atoms with Crippen LogP contribution >= 0.6 is 22.6 Å². The minimum atomic E-state index is -4.15. The third-order valence-electron chi connectivity index (χ3n) is 1.34. The number of alkyl halides is 3. The van der Waals surface area contributed by atoms with Crippen LogP contribution in [0.5, 0.6) is 0 Å².